The van der Waals surface area contributed by atoms with E-state index in [1.807, 2.05) is 6.92 Å². The lowest BCUT2D eigenvalue weighted by molar-refractivity contribution is 0.0978. The Morgan fingerprint density at radius 1 is 1.43 bits per heavy atom. The summed E-state index contributed by atoms with van der Waals surface area (Å²) in [5.74, 6) is 1.26. The molecule has 0 spiro atoms. The molecule has 1 fully saturated rings. The predicted octanol–water partition coefficient (Wildman–Crippen LogP) is 4.00. The highest BCUT2D eigenvalue weighted by Crippen LogP contribution is 2.36. The summed E-state index contributed by atoms with van der Waals surface area (Å²) in [7, 11) is 0. The second-order valence-corrected chi connectivity index (χ2v) is 5.86. The van der Waals surface area contributed by atoms with Crippen molar-refractivity contribution >= 4 is 22.2 Å². The van der Waals surface area contributed by atoms with E-state index in [9.17, 15) is 4.79 Å². The topological polar surface area (TPSA) is 44.8 Å². The van der Waals surface area contributed by atoms with Crippen LogP contribution in [0.5, 0.6) is 11.5 Å². The Hall–Kier alpha value is -1.07. The molecule has 1 heterocycles. The van der Waals surface area contributed by atoms with Crippen LogP contribution in [0.4, 0.5) is 0 Å². The molecule has 1 aromatic rings. The minimum absolute atomic E-state index is 0.390. The highest BCUT2D eigenvalue weighted by molar-refractivity contribution is 9.10. The first-order valence-corrected chi connectivity index (χ1v) is 8.19. The van der Waals surface area contributed by atoms with Gasteiger partial charge in [-0.15, -0.1) is 0 Å². The quantitative estimate of drug-likeness (QED) is 0.521. The normalized spacial score (nSPS) is 17.7. The van der Waals surface area contributed by atoms with Crippen LogP contribution >= 0.6 is 15.9 Å². The van der Waals surface area contributed by atoms with Crippen LogP contribution in [0.1, 0.15) is 43.0 Å². The molecule has 0 bridgehead atoms. The summed E-state index contributed by atoms with van der Waals surface area (Å²) in [6.45, 7) is 3.93. The fourth-order valence-electron chi connectivity index (χ4n) is 2.42. The van der Waals surface area contributed by atoms with Crippen LogP contribution in [0.2, 0.25) is 0 Å². The number of hydrogen-bond donors (Lipinski definition) is 0. The third-order valence-corrected chi connectivity index (χ3v) is 4.00. The summed E-state index contributed by atoms with van der Waals surface area (Å²) < 4.78 is 17.7. The van der Waals surface area contributed by atoms with E-state index in [0.717, 1.165) is 36.6 Å². The summed E-state index contributed by atoms with van der Waals surface area (Å²) in [5, 5.41) is 0. The number of halogens is 1. The largest absolute Gasteiger partial charge is 0.490 e. The minimum atomic E-state index is 0.390. The molecule has 2 rings (SSSR count). The molecule has 21 heavy (non-hydrogen) atoms. The van der Waals surface area contributed by atoms with E-state index in [1.165, 1.54) is 6.42 Å². The number of ether oxygens (including phenoxy) is 3. The molecule has 4 nitrogen and oxygen atoms in total. The Morgan fingerprint density at radius 2 is 2.29 bits per heavy atom. The lowest BCUT2D eigenvalue weighted by Gasteiger charge is -2.15. The van der Waals surface area contributed by atoms with Gasteiger partial charge in [0.15, 0.2) is 11.5 Å². The number of benzene rings is 1. The van der Waals surface area contributed by atoms with Crippen LogP contribution in [-0.4, -0.2) is 32.2 Å². The zero-order chi connectivity index (χ0) is 15.1. The molecule has 1 atom stereocenters. The maximum atomic E-state index is 10.9. The van der Waals surface area contributed by atoms with Crippen molar-refractivity contribution in [2.45, 2.75) is 38.7 Å². The highest BCUT2D eigenvalue weighted by atomic mass is 79.9. The lowest BCUT2D eigenvalue weighted by atomic mass is 10.1. The molecule has 1 aliphatic heterocycles. The van der Waals surface area contributed by atoms with Gasteiger partial charge in [0.25, 0.3) is 0 Å². The van der Waals surface area contributed by atoms with E-state index in [2.05, 4.69) is 15.9 Å². The monoisotopic (exact) mass is 356 g/mol. The van der Waals surface area contributed by atoms with E-state index in [1.54, 1.807) is 12.1 Å². The SMILES string of the molecule is CCOc1cc(C=O)cc(Br)c1OCCCC1CCCO1. The van der Waals surface area contributed by atoms with Crippen LogP contribution in [0.15, 0.2) is 16.6 Å². The molecule has 0 saturated carbocycles. The summed E-state index contributed by atoms with van der Waals surface area (Å²) >= 11 is 3.44. The Balaban J connectivity index is 1.92. The standard InChI is InChI=1S/C16H21BrO4/c1-2-19-15-10-12(11-18)9-14(17)16(15)21-8-4-6-13-5-3-7-20-13/h9-11,13H,2-8H2,1H3. The van der Waals surface area contributed by atoms with Gasteiger partial charge < -0.3 is 14.2 Å². The van der Waals surface area contributed by atoms with Crippen molar-refractivity contribution in [1.29, 1.82) is 0 Å². The zero-order valence-corrected chi connectivity index (χ0v) is 13.9. The molecule has 1 aliphatic rings. The highest BCUT2D eigenvalue weighted by Gasteiger charge is 2.16. The average Bonchev–Trinajstić information content (AvgIpc) is 2.99. The smallest absolute Gasteiger partial charge is 0.175 e. The summed E-state index contributed by atoms with van der Waals surface area (Å²) in [5.41, 5.74) is 0.567. The van der Waals surface area contributed by atoms with Gasteiger partial charge in [-0.2, -0.15) is 0 Å². The van der Waals surface area contributed by atoms with Crippen LogP contribution < -0.4 is 9.47 Å². The Morgan fingerprint density at radius 3 is 2.95 bits per heavy atom. The number of aldehydes is 1. The van der Waals surface area contributed by atoms with Crippen molar-refractivity contribution in [3.63, 3.8) is 0 Å². The first-order valence-electron chi connectivity index (χ1n) is 7.40. The van der Waals surface area contributed by atoms with Gasteiger partial charge in [0, 0.05) is 12.2 Å². The van der Waals surface area contributed by atoms with Crippen molar-refractivity contribution in [3.8, 4) is 11.5 Å². The first kappa shape index (κ1) is 16.3. The van der Waals surface area contributed by atoms with Crippen LogP contribution in [0, 0.1) is 0 Å². The molecule has 5 heteroatoms. The number of carbonyl (C=O) groups is 1. The molecular formula is C16H21BrO4. The van der Waals surface area contributed by atoms with Gasteiger partial charge in [0.2, 0.25) is 0 Å². The molecular weight excluding hydrogens is 336 g/mol. The average molecular weight is 357 g/mol. The van der Waals surface area contributed by atoms with E-state index in [4.69, 9.17) is 14.2 Å². The maximum Gasteiger partial charge on any atom is 0.175 e. The van der Waals surface area contributed by atoms with Crippen LogP contribution in [-0.2, 0) is 4.74 Å². The molecule has 0 aromatic heterocycles. The van der Waals surface area contributed by atoms with E-state index in [-0.39, 0.29) is 0 Å². The van der Waals surface area contributed by atoms with Crippen molar-refractivity contribution in [2.75, 3.05) is 19.8 Å². The third-order valence-electron chi connectivity index (χ3n) is 3.41. The minimum Gasteiger partial charge on any atom is -0.490 e. The van der Waals surface area contributed by atoms with Crippen LogP contribution in [0.3, 0.4) is 0 Å². The molecule has 1 saturated heterocycles. The van der Waals surface area contributed by atoms with Gasteiger partial charge in [-0.05, 0) is 60.7 Å². The molecule has 1 unspecified atom stereocenters. The second kappa shape index (κ2) is 8.39. The fraction of sp³-hybridized carbons (Fsp3) is 0.562. The van der Waals surface area contributed by atoms with Crippen molar-refractivity contribution in [2.24, 2.45) is 0 Å². The zero-order valence-electron chi connectivity index (χ0n) is 12.3. The van der Waals surface area contributed by atoms with Gasteiger partial charge in [-0.3, -0.25) is 4.79 Å². The van der Waals surface area contributed by atoms with Gasteiger partial charge in [0.05, 0.1) is 23.8 Å². The van der Waals surface area contributed by atoms with Crippen molar-refractivity contribution < 1.29 is 19.0 Å². The second-order valence-electron chi connectivity index (χ2n) is 5.01. The molecule has 0 radical (unpaired) electrons. The number of hydrogen-bond acceptors (Lipinski definition) is 4. The Labute approximate surface area is 133 Å². The molecule has 0 aliphatic carbocycles. The van der Waals surface area contributed by atoms with E-state index in [0.29, 0.717) is 36.4 Å². The van der Waals surface area contributed by atoms with Crippen molar-refractivity contribution in [3.05, 3.63) is 22.2 Å². The van der Waals surface area contributed by atoms with Gasteiger partial charge in [-0.1, -0.05) is 0 Å². The maximum absolute atomic E-state index is 10.9. The Bertz CT molecular complexity index is 470. The summed E-state index contributed by atoms with van der Waals surface area (Å²) in [6, 6.07) is 3.45. The van der Waals surface area contributed by atoms with Crippen molar-refractivity contribution in [1.82, 2.24) is 0 Å². The molecule has 1 aromatic carbocycles. The molecule has 0 N–H and O–H groups in total. The van der Waals surface area contributed by atoms with Gasteiger partial charge in [-0.25, -0.2) is 0 Å². The van der Waals surface area contributed by atoms with E-state index < -0.39 is 0 Å². The fourth-order valence-corrected chi connectivity index (χ4v) is 2.99. The van der Waals surface area contributed by atoms with Crippen LogP contribution in [0.25, 0.3) is 0 Å². The van der Waals surface area contributed by atoms with Gasteiger partial charge >= 0.3 is 0 Å². The lowest BCUT2D eigenvalue weighted by Crippen LogP contribution is -2.08. The molecule has 0 amide bonds. The Kier molecular flexibility index (Phi) is 6.51. The third kappa shape index (κ3) is 4.71. The first-order chi connectivity index (χ1) is 10.2. The van der Waals surface area contributed by atoms with Gasteiger partial charge in [0.1, 0.15) is 6.29 Å². The summed E-state index contributed by atoms with van der Waals surface area (Å²) in [4.78, 5) is 10.9. The van der Waals surface area contributed by atoms with E-state index >= 15 is 0 Å². The number of rotatable bonds is 8. The molecule has 116 valence electrons. The summed E-state index contributed by atoms with van der Waals surface area (Å²) in [6.07, 6.45) is 5.47. The number of carbonyl (C=O) groups excluding carboxylic acids is 1. The predicted molar refractivity (Wildman–Crippen MR) is 84.4 cm³/mol.